The van der Waals surface area contributed by atoms with Gasteiger partial charge in [0.1, 0.15) is 11.5 Å². The van der Waals surface area contributed by atoms with Gasteiger partial charge in [-0.1, -0.05) is 175 Å². The fourth-order valence-electron chi connectivity index (χ4n) is 7.38. The highest BCUT2D eigenvalue weighted by molar-refractivity contribution is 5.91. The van der Waals surface area contributed by atoms with Gasteiger partial charge in [0.05, 0.1) is 47.6 Å². The second-order valence-corrected chi connectivity index (χ2v) is 16.7. The SMILES string of the molecule is CCCCCCCCOc1cc(/C=C/c2ccc(/C=C(\C#N)c3ccc(C(F)(F)F)cc3)cc2)c(OCCCCCCCC)cc1/C=C/c1ccc(/C=C(\C#N)c2ccc(C(F)(F)F)cc2)cc1. The molecule has 4 nitrogen and oxygen atoms in total. The van der Waals surface area contributed by atoms with E-state index in [0.717, 1.165) is 96.2 Å². The largest absolute Gasteiger partial charge is 0.493 e. The lowest BCUT2D eigenvalue weighted by Crippen LogP contribution is -2.04. The number of nitriles is 2. The monoisotopic (exact) mass is 928 g/mol. The van der Waals surface area contributed by atoms with Gasteiger partial charge < -0.3 is 9.47 Å². The van der Waals surface area contributed by atoms with Gasteiger partial charge in [-0.15, -0.1) is 0 Å². The maximum Gasteiger partial charge on any atom is 0.416 e. The van der Waals surface area contributed by atoms with Crippen molar-refractivity contribution in [2.75, 3.05) is 13.2 Å². The highest BCUT2D eigenvalue weighted by atomic mass is 19.4. The summed E-state index contributed by atoms with van der Waals surface area (Å²) in [6, 6.07) is 32.3. The van der Waals surface area contributed by atoms with Crippen molar-refractivity contribution in [1.82, 2.24) is 0 Å². The average molecular weight is 929 g/mol. The summed E-state index contributed by atoms with van der Waals surface area (Å²) in [6.45, 7) is 5.48. The second kappa shape index (κ2) is 26.5. The third kappa shape index (κ3) is 16.8. The van der Waals surface area contributed by atoms with E-state index in [-0.39, 0.29) is 11.1 Å². The van der Waals surface area contributed by atoms with Crippen molar-refractivity contribution in [2.45, 2.75) is 103 Å². The lowest BCUT2D eigenvalue weighted by molar-refractivity contribution is -0.138. The molecule has 5 aromatic carbocycles. The Hall–Kier alpha value is -6.78. The molecule has 0 fully saturated rings. The zero-order valence-corrected chi connectivity index (χ0v) is 38.7. The molecule has 68 heavy (non-hydrogen) atoms. The lowest BCUT2D eigenvalue weighted by atomic mass is 10.0. The number of allylic oxidation sites excluding steroid dienone is 2. The van der Waals surface area contributed by atoms with Crippen LogP contribution in [0.25, 0.3) is 47.6 Å². The van der Waals surface area contributed by atoms with Crippen LogP contribution in [0, 0.1) is 22.7 Å². The van der Waals surface area contributed by atoms with Crippen LogP contribution in [-0.4, -0.2) is 13.2 Å². The first-order valence-corrected chi connectivity index (χ1v) is 23.4. The van der Waals surface area contributed by atoms with Crippen molar-refractivity contribution in [3.63, 3.8) is 0 Å². The lowest BCUT2D eigenvalue weighted by Gasteiger charge is -2.16. The van der Waals surface area contributed by atoms with Crippen LogP contribution in [0.4, 0.5) is 26.3 Å². The van der Waals surface area contributed by atoms with Gasteiger partial charge in [0.15, 0.2) is 0 Å². The third-order valence-corrected chi connectivity index (χ3v) is 11.3. The summed E-state index contributed by atoms with van der Waals surface area (Å²) >= 11 is 0. The van der Waals surface area contributed by atoms with Gasteiger partial charge in [-0.2, -0.15) is 36.9 Å². The Morgan fingerprint density at radius 2 is 0.765 bits per heavy atom. The van der Waals surface area contributed by atoms with E-state index in [1.807, 2.05) is 85.0 Å². The molecule has 0 aliphatic rings. The molecule has 0 saturated heterocycles. The Bertz CT molecular complexity index is 2370. The first kappa shape index (κ1) is 52.2. The van der Waals surface area contributed by atoms with Crippen LogP contribution in [0.5, 0.6) is 11.5 Å². The number of hydrogen-bond donors (Lipinski definition) is 0. The molecule has 0 amide bonds. The van der Waals surface area contributed by atoms with E-state index in [2.05, 4.69) is 26.0 Å². The molecule has 5 rings (SSSR count). The van der Waals surface area contributed by atoms with E-state index < -0.39 is 23.5 Å². The Kier molecular flexibility index (Phi) is 20.4. The standard InChI is InChI=1S/C58H58F6N2O2/c1-3-5-7-9-11-13-35-67-55-39-50(26-24-44-17-21-46(22-18-44)38-52(42-66)48-29-33-54(34-30-48)58(62,63)64)56(68-36-14-12-10-8-6-4-2)40-49(55)25-23-43-15-19-45(20-16-43)37-51(41-65)47-27-31-53(32-28-47)57(59,60)61/h15-34,37-40H,3-14,35-36H2,1-2H3/b25-23+,26-24+,51-37+,52-38+. The third-order valence-electron chi connectivity index (χ3n) is 11.3. The van der Waals surface area contributed by atoms with Crippen LogP contribution in [0.2, 0.25) is 0 Å². The molecule has 0 atom stereocenters. The van der Waals surface area contributed by atoms with Crippen molar-refractivity contribution in [3.05, 3.63) is 165 Å². The van der Waals surface area contributed by atoms with Crippen LogP contribution in [0.1, 0.15) is 147 Å². The Morgan fingerprint density at radius 1 is 0.441 bits per heavy atom. The van der Waals surface area contributed by atoms with Crippen LogP contribution in [0.15, 0.2) is 109 Å². The van der Waals surface area contributed by atoms with E-state index >= 15 is 0 Å². The topological polar surface area (TPSA) is 66.0 Å². The Balaban J connectivity index is 1.41. The molecular formula is C58H58F6N2O2. The number of alkyl halides is 6. The molecule has 0 bridgehead atoms. The minimum atomic E-state index is -4.46. The van der Waals surface area contributed by atoms with Gasteiger partial charge in [0.25, 0.3) is 0 Å². The summed E-state index contributed by atoms with van der Waals surface area (Å²) in [7, 11) is 0. The van der Waals surface area contributed by atoms with Crippen LogP contribution in [0.3, 0.4) is 0 Å². The zero-order chi connectivity index (χ0) is 48.8. The number of benzene rings is 5. The van der Waals surface area contributed by atoms with Gasteiger partial charge in [-0.25, -0.2) is 0 Å². The quantitative estimate of drug-likeness (QED) is 0.0268. The Labute approximate surface area is 397 Å². The number of hydrogen-bond acceptors (Lipinski definition) is 4. The number of unbranched alkanes of at least 4 members (excludes halogenated alkanes) is 10. The normalized spacial score (nSPS) is 12.4. The van der Waals surface area contributed by atoms with Crippen molar-refractivity contribution >= 4 is 47.6 Å². The predicted molar refractivity (Wildman–Crippen MR) is 265 cm³/mol. The molecule has 0 spiro atoms. The summed E-state index contributed by atoms with van der Waals surface area (Å²) in [5, 5.41) is 19.6. The van der Waals surface area contributed by atoms with Gasteiger partial charge in [-0.05, 0) is 94.8 Å². The van der Waals surface area contributed by atoms with Crippen molar-refractivity contribution in [3.8, 4) is 23.6 Å². The molecule has 0 heterocycles. The average Bonchev–Trinajstić information content (AvgIpc) is 3.33. The number of rotatable bonds is 24. The molecule has 0 aliphatic carbocycles. The predicted octanol–water partition coefficient (Wildman–Crippen LogP) is 17.7. The van der Waals surface area contributed by atoms with E-state index in [1.54, 1.807) is 12.2 Å². The molecule has 354 valence electrons. The van der Waals surface area contributed by atoms with Crippen molar-refractivity contribution in [1.29, 1.82) is 10.5 Å². The van der Waals surface area contributed by atoms with Crippen molar-refractivity contribution < 1.29 is 35.8 Å². The molecule has 0 radical (unpaired) electrons. The summed E-state index contributed by atoms with van der Waals surface area (Å²) in [6.07, 6.45) is 15.7. The molecular weight excluding hydrogens is 871 g/mol. The summed E-state index contributed by atoms with van der Waals surface area (Å²) < 4.78 is 91.7. The summed E-state index contributed by atoms with van der Waals surface area (Å²) in [5.74, 6) is 1.40. The van der Waals surface area contributed by atoms with E-state index in [0.29, 0.717) is 35.8 Å². The molecule has 0 aliphatic heterocycles. The van der Waals surface area contributed by atoms with Crippen LogP contribution >= 0.6 is 0 Å². The zero-order valence-electron chi connectivity index (χ0n) is 38.7. The molecule has 0 saturated carbocycles. The maximum atomic E-state index is 13.1. The minimum Gasteiger partial charge on any atom is -0.493 e. The minimum absolute atomic E-state index is 0.245. The smallest absolute Gasteiger partial charge is 0.416 e. The number of nitrogens with zero attached hydrogens (tertiary/aromatic N) is 2. The van der Waals surface area contributed by atoms with E-state index in [4.69, 9.17) is 9.47 Å². The first-order valence-electron chi connectivity index (χ1n) is 23.4. The number of halogens is 6. The second-order valence-electron chi connectivity index (χ2n) is 16.7. The molecule has 0 N–H and O–H groups in total. The summed E-state index contributed by atoms with van der Waals surface area (Å²) in [4.78, 5) is 0. The van der Waals surface area contributed by atoms with Crippen LogP contribution < -0.4 is 9.47 Å². The van der Waals surface area contributed by atoms with Crippen LogP contribution in [-0.2, 0) is 12.4 Å². The van der Waals surface area contributed by atoms with E-state index in [1.165, 1.54) is 62.8 Å². The van der Waals surface area contributed by atoms with Gasteiger partial charge in [0.2, 0.25) is 0 Å². The molecule has 5 aromatic rings. The maximum absolute atomic E-state index is 13.1. The van der Waals surface area contributed by atoms with Gasteiger partial charge in [0, 0.05) is 11.1 Å². The Morgan fingerprint density at radius 3 is 1.09 bits per heavy atom. The number of ether oxygens (including phenoxy) is 2. The van der Waals surface area contributed by atoms with Gasteiger partial charge in [-0.3, -0.25) is 0 Å². The molecule has 0 aromatic heterocycles. The first-order chi connectivity index (χ1) is 32.8. The van der Waals surface area contributed by atoms with Crippen molar-refractivity contribution in [2.24, 2.45) is 0 Å². The highest BCUT2D eigenvalue weighted by Gasteiger charge is 2.31. The summed E-state index contributed by atoms with van der Waals surface area (Å²) in [5.41, 5.74) is 4.61. The molecule has 10 heteroatoms. The highest BCUT2D eigenvalue weighted by Crippen LogP contribution is 2.35. The van der Waals surface area contributed by atoms with Gasteiger partial charge >= 0.3 is 12.4 Å². The fraction of sp³-hybridized carbons (Fsp3) is 0.310. The molecule has 0 unspecified atom stereocenters. The fourth-order valence-corrected chi connectivity index (χ4v) is 7.38. The van der Waals surface area contributed by atoms with E-state index in [9.17, 15) is 36.9 Å².